The van der Waals surface area contributed by atoms with E-state index in [1.54, 1.807) is 0 Å². The maximum absolute atomic E-state index is 11.2. The number of carbonyl (C=O) groups excluding carboxylic acids is 1. The van der Waals surface area contributed by atoms with Crippen molar-refractivity contribution in [3.05, 3.63) is 29.8 Å². The van der Waals surface area contributed by atoms with Gasteiger partial charge in [0.15, 0.2) is 0 Å². The van der Waals surface area contributed by atoms with Crippen molar-refractivity contribution in [3.8, 4) is 0 Å². The lowest BCUT2D eigenvalue weighted by atomic mass is 10.2. The van der Waals surface area contributed by atoms with Crippen molar-refractivity contribution in [1.82, 2.24) is 5.43 Å². The molecule has 3 N–H and O–H groups in total. The van der Waals surface area contributed by atoms with Gasteiger partial charge in [0.25, 0.3) is 0 Å². The third kappa shape index (κ3) is 4.45. The van der Waals surface area contributed by atoms with Gasteiger partial charge in [0.1, 0.15) is 0 Å². The SMILES string of the molecule is Cc1ccc(NNC(=O)CCC(=O)O)cc1. The number of hydrogen-bond donors (Lipinski definition) is 3. The Balaban J connectivity index is 2.31. The van der Waals surface area contributed by atoms with E-state index in [9.17, 15) is 9.59 Å². The molecule has 0 unspecified atom stereocenters. The summed E-state index contributed by atoms with van der Waals surface area (Å²) >= 11 is 0. The molecule has 0 fully saturated rings. The molecule has 0 atom stereocenters. The van der Waals surface area contributed by atoms with E-state index in [0.29, 0.717) is 0 Å². The number of anilines is 1. The molecule has 5 heteroatoms. The van der Waals surface area contributed by atoms with Gasteiger partial charge in [-0.2, -0.15) is 0 Å². The van der Waals surface area contributed by atoms with Crippen LogP contribution in [0.15, 0.2) is 24.3 Å². The second-order valence-corrected chi connectivity index (χ2v) is 3.43. The van der Waals surface area contributed by atoms with Gasteiger partial charge in [-0.15, -0.1) is 0 Å². The normalized spacial score (nSPS) is 9.56. The summed E-state index contributed by atoms with van der Waals surface area (Å²) in [4.78, 5) is 21.4. The number of amides is 1. The molecular weight excluding hydrogens is 208 g/mol. The lowest BCUT2D eigenvalue weighted by molar-refractivity contribution is -0.138. The van der Waals surface area contributed by atoms with Crippen LogP contribution in [0.5, 0.6) is 0 Å². The molecule has 1 aromatic rings. The fourth-order valence-corrected chi connectivity index (χ4v) is 1.06. The van der Waals surface area contributed by atoms with Gasteiger partial charge in [-0.3, -0.25) is 20.4 Å². The standard InChI is InChI=1S/C11H14N2O3/c1-8-2-4-9(5-3-8)12-13-10(14)6-7-11(15)16/h2-5,12H,6-7H2,1H3,(H,13,14)(H,15,16). The quantitative estimate of drug-likeness (QED) is 0.656. The molecule has 86 valence electrons. The zero-order valence-electron chi connectivity index (χ0n) is 8.99. The molecule has 0 aliphatic rings. The minimum absolute atomic E-state index is 0.0335. The number of carboxylic acid groups (broad SMARTS) is 1. The average molecular weight is 222 g/mol. The van der Waals surface area contributed by atoms with Crippen molar-refractivity contribution < 1.29 is 14.7 Å². The molecule has 0 saturated heterocycles. The zero-order chi connectivity index (χ0) is 12.0. The molecule has 0 bridgehead atoms. The lowest BCUT2D eigenvalue weighted by Crippen LogP contribution is -2.29. The number of rotatable bonds is 5. The van der Waals surface area contributed by atoms with Crippen LogP contribution >= 0.6 is 0 Å². The van der Waals surface area contributed by atoms with Crippen molar-refractivity contribution in [2.45, 2.75) is 19.8 Å². The van der Waals surface area contributed by atoms with E-state index in [1.807, 2.05) is 31.2 Å². The van der Waals surface area contributed by atoms with E-state index in [1.165, 1.54) is 0 Å². The van der Waals surface area contributed by atoms with Crippen LogP contribution in [-0.4, -0.2) is 17.0 Å². The average Bonchev–Trinajstić information content (AvgIpc) is 2.25. The lowest BCUT2D eigenvalue weighted by Gasteiger charge is -2.07. The van der Waals surface area contributed by atoms with E-state index in [0.717, 1.165) is 11.3 Å². The van der Waals surface area contributed by atoms with Gasteiger partial charge in [0.2, 0.25) is 5.91 Å². The number of nitrogens with one attached hydrogen (secondary N) is 2. The third-order valence-electron chi connectivity index (χ3n) is 1.96. The number of aliphatic carboxylic acids is 1. The fraction of sp³-hybridized carbons (Fsp3) is 0.273. The summed E-state index contributed by atoms with van der Waals surface area (Å²) in [5, 5.41) is 8.38. The van der Waals surface area contributed by atoms with Crippen LogP contribution in [0.25, 0.3) is 0 Å². The first-order valence-electron chi connectivity index (χ1n) is 4.91. The van der Waals surface area contributed by atoms with Crippen molar-refractivity contribution in [2.24, 2.45) is 0 Å². The molecule has 16 heavy (non-hydrogen) atoms. The third-order valence-corrected chi connectivity index (χ3v) is 1.96. The highest BCUT2D eigenvalue weighted by Gasteiger charge is 2.04. The van der Waals surface area contributed by atoms with Gasteiger partial charge >= 0.3 is 5.97 Å². The molecular formula is C11H14N2O3. The summed E-state index contributed by atoms with van der Waals surface area (Å²) in [7, 11) is 0. The molecule has 0 saturated carbocycles. The van der Waals surface area contributed by atoms with Crippen LogP contribution < -0.4 is 10.9 Å². The molecule has 0 aliphatic carbocycles. The molecule has 5 nitrogen and oxygen atoms in total. The van der Waals surface area contributed by atoms with Gasteiger partial charge in [-0.25, -0.2) is 0 Å². The largest absolute Gasteiger partial charge is 0.481 e. The van der Waals surface area contributed by atoms with Crippen LogP contribution in [0.4, 0.5) is 5.69 Å². The van der Waals surface area contributed by atoms with Gasteiger partial charge in [-0.05, 0) is 19.1 Å². The monoisotopic (exact) mass is 222 g/mol. The van der Waals surface area contributed by atoms with Crippen molar-refractivity contribution in [3.63, 3.8) is 0 Å². The van der Waals surface area contributed by atoms with E-state index >= 15 is 0 Å². The van der Waals surface area contributed by atoms with E-state index in [4.69, 9.17) is 5.11 Å². The highest BCUT2D eigenvalue weighted by molar-refractivity contribution is 5.81. The first kappa shape index (κ1) is 12.0. The Morgan fingerprint density at radius 1 is 1.19 bits per heavy atom. The molecule has 0 aromatic heterocycles. The summed E-state index contributed by atoms with van der Waals surface area (Å²) in [6.07, 6.45) is -0.199. The molecule has 0 aliphatic heterocycles. The Kier molecular flexibility index (Phi) is 4.32. The Hall–Kier alpha value is -2.04. The minimum atomic E-state index is -0.981. The van der Waals surface area contributed by atoms with E-state index in [-0.39, 0.29) is 18.7 Å². The van der Waals surface area contributed by atoms with Crippen LogP contribution in [0.3, 0.4) is 0 Å². The highest BCUT2D eigenvalue weighted by Crippen LogP contribution is 2.06. The first-order valence-corrected chi connectivity index (χ1v) is 4.91. The Labute approximate surface area is 93.4 Å². The van der Waals surface area contributed by atoms with Crippen LogP contribution in [0, 0.1) is 6.92 Å². The fourth-order valence-electron chi connectivity index (χ4n) is 1.06. The summed E-state index contributed by atoms with van der Waals surface area (Å²) in [5.74, 6) is -1.33. The summed E-state index contributed by atoms with van der Waals surface area (Å²) in [6.45, 7) is 1.97. The number of hydrazine groups is 1. The maximum atomic E-state index is 11.2. The molecule has 1 rings (SSSR count). The Bertz CT molecular complexity index is 373. The smallest absolute Gasteiger partial charge is 0.303 e. The van der Waals surface area contributed by atoms with E-state index < -0.39 is 5.97 Å². The van der Waals surface area contributed by atoms with Gasteiger partial charge in [0.05, 0.1) is 12.1 Å². The van der Waals surface area contributed by atoms with Crippen LogP contribution in [0.1, 0.15) is 18.4 Å². The predicted molar refractivity (Wildman–Crippen MR) is 59.8 cm³/mol. The topological polar surface area (TPSA) is 78.4 Å². The molecule has 0 heterocycles. The number of carboxylic acids is 1. The molecule has 1 aromatic carbocycles. The predicted octanol–water partition coefficient (Wildman–Crippen LogP) is 1.30. The number of benzene rings is 1. The second-order valence-electron chi connectivity index (χ2n) is 3.43. The van der Waals surface area contributed by atoms with Gasteiger partial charge in [0, 0.05) is 6.42 Å². The maximum Gasteiger partial charge on any atom is 0.303 e. The van der Waals surface area contributed by atoms with Gasteiger partial charge < -0.3 is 5.11 Å². The number of carbonyl (C=O) groups is 2. The Morgan fingerprint density at radius 2 is 1.81 bits per heavy atom. The number of aryl methyl sites for hydroxylation is 1. The van der Waals surface area contributed by atoms with Crippen LogP contribution in [-0.2, 0) is 9.59 Å². The van der Waals surface area contributed by atoms with Crippen LogP contribution in [0.2, 0.25) is 0 Å². The minimum Gasteiger partial charge on any atom is -0.481 e. The highest BCUT2D eigenvalue weighted by atomic mass is 16.4. The van der Waals surface area contributed by atoms with Crippen molar-refractivity contribution >= 4 is 17.6 Å². The summed E-state index contributed by atoms with van der Waals surface area (Å²) < 4.78 is 0. The second kappa shape index (κ2) is 5.75. The molecule has 1 amide bonds. The van der Waals surface area contributed by atoms with Crippen molar-refractivity contribution in [1.29, 1.82) is 0 Å². The Morgan fingerprint density at radius 3 is 2.38 bits per heavy atom. The molecule has 0 radical (unpaired) electrons. The summed E-state index contributed by atoms with van der Waals surface area (Å²) in [6, 6.07) is 7.47. The first-order chi connectivity index (χ1) is 7.58. The summed E-state index contributed by atoms with van der Waals surface area (Å²) in [5.41, 5.74) is 7.01. The molecule has 0 spiro atoms. The number of hydrogen-bond acceptors (Lipinski definition) is 3. The van der Waals surface area contributed by atoms with Gasteiger partial charge in [-0.1, -0.05) is 17.7 Å². The van der Waals surface area contributed by atoms with Crippen molar-refractivity contribution in [2.75, 3.05) is 5.43 Å². The zero-order valence-corrected chi connectivity index (χ0v) is 8.99. The van der Waals surface area contributed by atoms with E-state index in [2.05, 4.69) is 10.9 Å².